The van der Waals surface area contributed by atoms with Crippen molar-refractivity contribution in [2.24, 2.45) is 0 Å². The van der Waals surface area contributed by atoms with Gasteiger partial charge in [-0.2, -0.15) is 0 Å². The van der Waals surface area contributed by atoms with Crippen LogP contribution in [0.2, 0.25) is 0 Å². The first-order valence-corrected chi connectivity index (χ1v) is 2.84. The fraction of sp³-hybridized carbons (Fsp3) is 0.800. The molecule has 10 heavy (non-hydrogen) atoms. The molecule has 0 aromatic carbocycles. The summed E-state index contributed by atoms with van der Waals surface area (Å²) in [6, 6.07) is 0. The molecule has 1 atom stereocenters. The summed E-state index contributed by atoms with van der Waals surface area (Å²) in [5.41, 5.74) is 2.00. The van der Waals surface area contributed by atoms with Crippen LogP contribution in [-0.4, -0.2) is 35.4 Å². The van der Waals surface area contributed by atoms with E-state index in [2.05, 4.69) is 4.84 Å². The first-order valence-electron chi connectivity index (χ1n) is 2.84. The summed E-state index contributed by atoms with van der Waals surface area (Å²) in [5, 5.41) is 16.9. The lowest BCUT2D eigenvalue weighted by Crippen LogP contribution is -2.28. The molecule has 60 valence electrons. The van der Waals surface area contributed by atoms with Gasteiger partial charge in [0.05, 0.1) is 6.61 Å². The molecule has 0 fully saturated rings. The van der Waals surface area contributed by atoms with Gasteiger partial charge in [0.25, 0.3) is 0 Å². The van der Waals surface area contributed by atoms with E-state index >= 15 is 0 Å². The van der Waals surface area contributed by atoms with Gasteiger partial charge in [0.2, 0.25) is 5.91 Å². The third-order valence-electron chi connectivity index (χ3n) is 0.702. The van der Waals surface area contributed by atoms with Gasteiger partial charge in [0, 0.05) is 6.92 Å². The number of nitrogens with one attached hydrogen (secondary N) is 1. The molecule has 0 rings (SSSR count). The zero-order valence-corrected chi connectivity index (χ0v) is 5.70. The van der Waals surface area contributed by atoms with Gasteiger partial charge in [0.1, 0.15) is 12.7 Å². The van der Waals surface area contributed by atoms with E-state index in [1.54, 1.807) is 0 Å². The molecule has 5 nitrogen and oxygen atoms in total. The highest BCUT2D eigenvalue weighted by molar-refractivity contribution is 5.71. The molecule has 1 amide bonds. The summed E-state index contributed by atoms with van der Waals surface area (Å²) < 4.78 is 0. The van der Waals surface area contributed by atoms with E-state index in [1.165, 1.54) is 6.92 Å². The summed E-state index contributed by atoms with van der Waals surface area (Å²) in [6.07, 6.45) is -0.938. The Morgan fingerprint density at radius 3 is 2.80 bits per heavy atom. The fourth-order valence-electron chi connectivity index (χ4n) is 0.292. The molecule has 0 aromatic heterocycles. The maximum atomic E-state index is 10.1. The van der Waals surface area contributed by atoms with Crippen molar-refractivity contribution < 1.29 is 19.8 Å². The Balaban J connectivity index is 3.11. The lowest BCUT2D eigenvalue weighted by Gasteiger charge is -2.06. The Labute approximate surface area is 58.6 Å². The van der Waals surface area contributed by atoms with Crippen molar-refractivity contribution in [3.63, 3.8) is 0 Å². The van der Waals surface area contributed by atoms with Crippen molar-refractivity contribution in [1.82, 2.24) is 5.48 Å². The van der Waals surface area contributed by atoms with E-state index < -0.39 is 6.10 Å². The largest absolute Gasteiger partial charge is 0.394 e. The zero-order chi connectivity index (χ0) is 7.98. The Morgan fingerprint density at radius 1 is 1.80 bits per heavy atom. The molecule has 0 aliphatic rings. The normalized spacial score (nSPS) is 12.7. The zero-order valence-electron chi connectivity index (χ0n) is 5.70. The van der Waals surface area contributed by atoms with Crippen LogP contribution in [0.15, 0.2) is 0 Å². The van der Waals surface area contributed by atoms with E-state index in [1.807, 2.05) is 5.48 Å². The minimum Gasteiger partial charge on any atom is -0.394 e. The van der Waals surface area contributed by atoms with Gasteiger partial charge < -0.3 is 10.2 Å². The minimum absolute atomic E-state index is 0.101. The molecule has 0 aromatic rings. The third kappa shape index (κ3) is 5.49. The second-order valence-corrected chi connectivity index (χ2v) is 1.81. The molecule has 0 aliphatic heterocycles. The SMILES string of the molecule is CC(=O)NOC[C@@H](O)CO. The number of hydrogen-bond donors (Lipinski definition) is 3. The molecule has 0 aliphatic carbocycles. The lowest BCUT2D eigenvalue weighted by molar-refractivity contribution is -0.134. The van der Waals surface area contributed by atoms with Gasteiger partial charge in [-0.3, -0.25) is 9.63 Å². The van der Waals surface area contributed by atoms with Crippen molar-refractivity contribution in [3.8, 4) is 0 Å². The van der Waals surface area contributed by atoms with Crippen LogP contribution in [0.1, 0.15) is 6.92 Å². The molecule has 0 heterocycles. The second-order valence-electron chi connectivity index (χ2n) is 1.81. The average molecular weight is 149 g/mol. The summed E-state index contributed by atoms with van der Waals surface area (Å²) in [7, 11) is 0. The highest BCUT2D eigenvalue weighted by Gasteiger charge is 2.01. The number of carbonyl (C=O) groups is 1. The van der Waals surface area contributed by atoms with E-state index in [9.17, 15) is 4.79 Å². The first kappa shape index (κ1) is 9.35. The Hall–Kier alpha value is -0.650. The van der Waals surface area contributed by atoms with E-state index in [0.717, 1.165) is 0 Å². The smallest absolute Gasteiger partial charge is 0.240 e. The molecular weight excluding hydrogens is 138 g/mol. The van der Waals surface area contributed by atoms with Crippen molar-refractivity contribution in [3.05, 3.63) is 0 Å². The van der Waals surface area contributed by atoms with Crippen molar-refractivity contribution in [2.75, 3.05) is 13.2 Å². The van der Waals surface area contributed by atoms with Crippen molar-refractivity contribution in [1.29, 1.82) is 0 Å². The Bertz CT molecular complexity index is 106. The summed E-state index contributed by atoms with van der Waals surface area (Å²) in [6.45, 7) is 0.807. The molecule has 5 heteroatoms. The molecule has 0 radical (unpaired) electrons. The van der Waals surface area contributed by atoms with Gasteiger partial charge in [-0.05, 0) is 0 Å². The molecule has 0 spiro atoms. The predicted molar refractivity (Wildman–Crippen MR) is 32.9 cm³/mol. The highest BCUT2D eigenvalue weighted by atomic mass is 16.7. The Kier molecular flexibility index (Phi) is 4.82. The number of carbonyl (C=O) groups excluding carboxylic acids is 1. The van der Waals surface area contributed by atoms with Crippen molar-refractivity contribution in [2.45, 2.75) is 13.0 Å². The maximum absolute atomic E-state index is 10.1. The van der Waals surface area contributed by atoms with Crippen LogP contribution in [-0.2, 0) is 9.63 Å². The maximum Gasteiger partial charge on any atom is 0.240 e. The average Bonchev–Trinajstić information content (AvgIpc) is 1.87. The quantitative estimate of drug-likeness (QED) is 0.421. The molecule has 0 bridgehead atoms. The van der Waals surface area contributed by atoms with Crippen LogP contribution in [0.25, 0.3) is 0 Å². The van der Waals surface area contributed by atoms with Crippen LogP contribution in [0.4, 0.5) is 0 Å². The van der Waals surface area contributed by atoms with Crippen LogP contribution >= 0.6 is 0 Å². The van der Waals surface area contributed by atoms with Crippen LogP contribution in [0.5, 0.6) is 0 Å². The van der Waals surface area contributed by atoms with E-state index in [4.69, 9.17) is 10.2 Å². The molecule has 0 saturated heterocycles. The van der Waals surface area contributed by atoms with Gasteiger partial charge in [0.15, 0.2) is 0 Å². The van der Waals surface area contributed by atoms with Gasteiger partial charge in [-0.1, -0.05) is 0 Å². The summed E-state index contributed by atoms with van der Waals surface area (Å²) in [5.74, 6) is -0.342. The monoisotopic (exact) mass is 149 g/mol. The van der Waals surface area contributed by atoms with Crippen LogP contribution in [0, 0.1) is 0 Å². The molecule has 0 saturated carbocycles. The first-order chi connectivity index (χ1) is 4.66. The minimum atomic E-state index is -0.938. The van der Waals surface area contributed by atoms with Gasteiger partial charge >= 0.3 is 0 Å². The van der Waals surface area contributed by atoms with Crippen LogP contribution in [0.3, 0.4) is 0 Å². The highest BCUT2D eigenvalue weighted by Crippen LogP contribution is 1.79. The van der Waals surface area contributed by atoms with Crippen LogP contribution < -0.4 is 5.48 Å². The fourth-order valence-corrected chi connectivity index (χ4v) is 0.292. The van der Waals surface area contributed by atoms with E-state index in [-0.39, 0.29) is 19.1 Å². The number of aliphatic hydroxyl groups excluding tert-OH is 2. The van der Waals surface area contributed by atoms with Crippen molar-refractivity contribution >= 4 is 5.91 Å². The second kappa shape index (κ2) is 5.16. The number of rotatable bonds is 4. The van der Waals surface area contributed by atoms with E-state index in [0.29, 0.717) is 0 Å². The topological polar surface area (TPSA) is 78.8 Å². The standard InChI is InChI=1S/C5H11NO4/c1-4(8)6-10-3-5(9)2-7/h5,7,9H,2-3H2,1H3,(H,6,8)/t5-/m0/s1. The molecule has 0 unspecified atom stereocenters. The van der Waals surface area contributed by atoms with Gasteiger partial charge in [-0.15, -0.1) is 0 Å². The molecular formula is C5H11NO4. The number of hydroxylamine groups is 1. The van der Waals surface area contributed by atoms with Gasteiger partial charge in [-0.25, -0.2) is 5.48 Å². The summed E-state index contributed by atoms with van der Waals surface area (Å²) >= 11 is 0. The number of aliphatic hydroxyl groups is 2. The number of hydrogen-bond acceptors (Lipinski definition) is 4. The summed E-state index contributed by atoms with van der Waals surface area (Å²) in [4.78, 5) is 14.6. The predicted octanol–water partition coefficient (Wildman–Crippen LogP) is -1.59. The number of amides is 1. The molecule has 3 N–H and O–H groups in total. The third-order valence-corrected chi connectivity index (χ3v) is 0.702. The Morgan fingerprint density at radius 2 is 2.40 bits per heavy atom. The lowest BCUT2D eigenvalue weighted by atomic mass is 10.4.